The molecule has 0 aromatic heterocycles. The van der Waals surface area contributed by atoms with Crippen molar-refractivity contribution in [2.75, 3.05) is 29.9 Å². The van der Waals surface area contributed by atoms with Gasteiger partial charge < -0.3 is 10.2 Å². The first-order valence-corrected chi connectivity index (χ1v) is 11.6. The van der Waals surface area contributed by atoms with Gasteiger partial charge in [0, 0.05) is 31.0 Å². The van der Waals surface area contributed by atoms with Crippen LogP contribution in [0.25, 0.3) is 5.57 Å². The summed E-state index contributed by atoms with van der Waals surface area (Å²) in [5, 5.41) is 3.27. The van der Waals surface area contributed by atoms with Crippen molar-refractivity contribution in [1.82, 2.24) is 4.90 Å². The van der Waals surface area contributed by atoms with Crippen molar-refractivity contribution >= 4 is 28.8 Å². The Morgan fingerprint density at radius 2 is 1.56 bits per heavy atom. The number of hydrogen-bond acceptors (Lipinski definition) is 4. The van der Waals surface area contributed by atoms with E-state index in [1.165, 1.54) is 23.4 Å². The van der Waals surface area contributed by atoms with Gasteiger partial charge in [0.2, 0.25) is 0 Å². The standard InChI is InChI=1S/C27H33N3O2/c1-18(2)17-30-26(31)24(21-7-5-19(3)6-8-21)25(27(30)32)28-22-9-11-23(12-10-22)29-15-13-20(4)14-16-29/h5-12,18,20,28H,13-17H2,1-4H3. The SMILES string of the molecule is Cc1ccc(C2=C(Nc3ccc(N4CCC(C)CC4)cc3)C(=O)N(CC(C)C)C2=O)cc1. The minimum atomic E-state index is -0.256. The third kappa shape index (κ3) is 4.57. The van der Waals surface area contributed by atoms with Crippen LogP contribution in [-0.2, 0) is 9.59 Å². The largest absolute Gasteiger partial charge is 0.372 e. The molecule has 1 saturated heterocycles. The van der Waals surface area contributed by atoms with Crippen molar-refractivity contribution in [2.45, 2.75) is 40.5 Å². The van der Waals surface area contributed by atoms with Crippen molar-refractivity contribution in [2.24, 2.45) is 11.8 Å². The van der Waals surface area contributed by atoms with Crippen molar-refractivity contribution < 1.29 is 9.59 Å². The number of nitrogens with one attached hydrogen (secondary N) is 1. The van der Waals surface area contributed by atoms with Gasteiger partial charge in [-0.15, -0.1) is 0 Å². The molecule has 0 spiro atoms. The topological polar surface area (TPSA) is 52.7 Å². The van der Waals surface area contributed by atoms with E-state index in [1.807, 2.05) is 57.2 Å². The summed E-state index contributed by atoms with van der Waals surface area (Å²) >= 11 is 0. The van der Waals surface area contributed by atoms with Crippen LogP contribution in [0.15, 0.2) is 54.2 Å². The summed E-state index contributed by atoms with van der Waals surface area (Å²) < 4.78 is 0. The van der Waals surface area contributed by atoms with E-state index in [0.29, 0.717) is 17.8 Å². The number of rotatable bonds is 6. The van der Waals surface area contributed by atoms with Crippen LogP contribution in [0.1, 0.15) is 44.7 Å². The lowest BCUT2D eigenvalue weighted by atomic mass is 9.99. The maximum atomic E-state index is 13.2. The number of piperidine rings is 1. The lowest BCUT2D eigenvalue weighted by Crippen LogP contribution is -2.35. The Hall–Kier alpha value is -3.08. The van der Waals surface area contributed by atoms with Gasteiger partial charge in [-0.3, -0.25) is 14.5 Å². The fourth-order valence-electron chi connectivity index (χ4n) is 4.38. The molecule has 0 radical (unpaired) electrons. The molecule has 5 nitrogen and oxygen atoms in total. The van der Waals surface area contributed by atoms with Gasteiger partial charge in [-0.05, 0) is 61.4 Å². The lowest BCUT2D eigenvalue weighted by Gasteiger charge is -2.32. The number of aryl methyl sites for hydroxylation is 1. The number of benzene rings is 2. The van der Waals surface area contributed by atoms with Crippen LogP contribution >= 0.6 is 0 Å². The van der Waals surface area contributed by atoms with Gasteiger partial charge >= 0.3 is 0 Å². The number of imide groups is 1. The van der Waals surface area contributed by atoms with Gasteiger partial charge in [-0.1, -0.05) is 50.6 Å². The van der Waals surface area contributed by atoms with Crippen molar-refractivity contribution in [3.63, 3.8) is 0 Å². The fourth-order valence-corrected chi connectivity index (χ4v) is 4.38. The molecule has 2 amide bonds. The molecular formula is C27H33N3O2. The van der Waals surface area contributed by atoms with Crippen molar-refractivity contribution in [3.8, 4) is 0 Å². The summed E-state index contributed by atoms with van der Waals surface area (Å²) in [6.45, 7) is 10.9. The normalized spacial score (nSPS) is 17.7. The summed E-state index contributed by atoms with van der Waals surface area (Å²) in [4.78, 5) is 30.2. The molecule has 2 aromatic carbocycles. The molecule has 2 aliphatic heterocycles. The number of amides is 2. The summed E-state index contributed by atoms with van der Waals surface area (Å²) in [5.41, 5.74) is 4.70. The van der Waals surface area contributed by atoms with Gasteiger partial charge in [-0.25, -0.2) is 0 Å². The summed E-state index contributed by atoms with van der Waals surface area (Å²) in [6.07, 6.45) is 2.43. The van der Waals surface area contributed by atoms with Gasteiger partial charge in [0.25, 0.3) is 11.8 Å². The molecule has 2 heterocycles. The molecule has 2 aromatic rings. The zero-order valence-electron chi connectivity index (χ0n) is 19.5. The zero-order valence-corrected chi connectivity index (χ0v) is 19.5. The van der Waals surface area contributed by atoms with E-state index in [4.69, 9.17) is 0 Å². The van der Waals surface area contributed by atoms with Gasteiger partial charge in [0.15, 0.2) is 0 Å². The molecule has 2 aliphatic rings. The quantitative estimate of drug-likeness (QED) is 0.648. The van der Waals surface area contributed by atoms with E-state index < -0.39 is 0 Å². The Morgan fingerprint density at radius 3 is 2.16 bits per heavy atom. The first kappa shape index (κ1) is 22.1. The highest BCUT2D eigenvalue weighted by Gasteiger charge is 2.39. The third-order valence-electron chi connectivity index (χ3n) is 6.34. The Kier molecular flexibility index (Phi) is 6.35. The predicted molar refractivity (Wildman–Crippen MR) is 130 cm³/mol. The van der Waals surface area contributed by atoms with Gasteiger partial charge in [0.1, 0.15) is 5.70 Å². The van der Waals surface area contributed by atoms with E-state index in [1.54, 1.807) is 0 Å². The van der Waals surface area contributed by atoms with Crippen LogP contribution in [0.2, 0.25) is 0 Å². The first-order chi connectivity index (χ1) is 15.3. The van der Waals surface area contributed by atoms with Crippen molar-refractivity contribution in [3.05, 3.63) is 65.4 Å². The van der Waals surface area contributed by atoms with Gasteiger partial charge in [-0.2, -0.15) is 0 Å². The summed E-state index contributed by atoms with van der Waals surface area (Å²) in [7, 11) is 0. The number of carbonyl (C=O) groups is 2. The summed E-state index contributed by atoms with van der Waals surface area (Å²) in [5.74, 6) is 0.509. The van der Waals surface area contributed by atoms with Crippen LogP contribution in [0.5, 0.6) is 0 Å². The smallest absolute Gasteiger partial charge is 0.278 e. The Labute approximate surface area is 191 Å². The molecule has 4 rings (SSSR count). The molecule has 5 heteroatoms. The fraction of sp³-hybridized carbons (Fsp3) is 0.407. The molecule has 32 heavy (non-hydrogen) atoms. The molecule has 0 saturated carbocycles. The molecule has 0 unspecified atom stereocenters. The van der Waals surface area contributed by atoms with E-state index in [2.05, 4.69) is 29.3 Å². The number of nitrogens with zero attached hydrogens (tertiary/aromatic N) is 2. The minimum Gasteiger partial charge on any atom is -0.372 e. The maximum absolute atomic E-state index is 13.2. The molecule has 1 N–H and O–H groups in total. The third-order valence-corrected chi connectivity index (χ3v) is 6.34. The number of hydrogen-bond donors (Lipinski definition) is 1. The zero-order chi connectivity index (χ0) is 22.8. The van der Waals surface area contributed by atoms with Crippen molar-refractivity contribution in [1.29, 1.82) is 0 Å². The second-order valence-electron chi connectivity index (χ2n) is 9.57. The highest BCUT2D eigenvalue weighted by Crippen LogP contribution is 2.32. The Morgan fingerprint density at radius 1 is 0.938 bits per heavy atom. The molecule has 0 bridgehead atoms. The van der Waals surface area contributed by atoms with Crippen LogP contribution in [0.4, 0.5) is 11.4 Å². The van der Waals surface area contributed by atoms with E-state index in [0.717, 1.165) is 35.8 Å². The lowest BCUT2D eigenvalue weighted by molar-refractivity contribution is -0.137. The number of carbonyl (C=O) groups excluding carboxylic acids is 2. The van der Waals surface area contributed by atoms with Gasteiger partial charge in [0.05, 0.1) is 5.57 Å². The maximum Gasteiger partial charge on any atom is 0.278 e. The average molecular weight is 432 g/mol. The first-order valence-electron chi connectivity index (χ1n) is 11.6. The van der Waals surface area contributed by atoms with Crippen LogP contribution in [0, 0.1) is 18.8 Å². The molecular weight excluding hydrogens is 398 g/mol. The van der Waals surface area contributed by atoms with Crippen LogP contribution < -0.4 is 10.2 Å². The monoisotopic (exact) mass is 431 g/mol. The Bertz CT molecular complexity index is 1010. The number of anilines is 2. The van der Waals surface area contributed by atoms with E-state index in [-0.39, 0.29) is 17.7 Å². The molecule has 0 aliphatic carbocycles. The highest BCUT2D eigenvalue weighted by atomic mass is 16.2. The minimum absolute atomic E-state index is 0.202. The van der Waals surface area contributed by atoms with E-state index in [9.17, 15) is 9.59 Å². The highest BCUT2D eigenvalue weighted by molar-refractivity contribution is 6.36. The molecule has 0 atom stereocenters. The summed E-state index contributed by atoms with van der Waals surface area (Å²) in [6, 6.07) is 15.9. The average Bonchev–Trinajstić information content (AvgIpc) is 2.99. The molecule has 1 fully saturated rings. The van der Waals surface area contributed by atoms with Crippen LogP contribution in [-0.4, -0.2) is 36.3 Å². The van der Waals surface area contributed by atoms with E-state index >= 15 is 0 Å². The second kappa shape index (κ2) is 9.19. The van der Waals surface area contributed by atoms with Crippen LogP contribution in [0.3, 0.4) is 0 Å². The second-order valence-corrected chi connectivity index (χ2v) is 9.57. The molecule has 168 valence electrons. The Balaban J connectivity index is 1.61. The predicted octanol–water partition coefficient (Wildman–Crippen LogP) is 5.08.